The van der Waals surface area contributed by atoms with Gasteiger partial charge in [-0.1, -0.05) is 39.0 Å². The van der Waals surface area contributed by atoms with E-state index in [9.17, 15) is 4.79 Å². The highest BCUT2D eigenvalue weighted by Gasteiger charge is 2.23. The summed E-state index contributed by atoms with van der Waals surface area (Å²) >= 11 is 0. The Morgan fingerprint density at radius 1 is 1.06 bits per heavy atom. The van der Waals surface area contributed by atoms with Crippen molar-refractivity contribution in [1.82, 2.24) is 10.6 Å². The second-order valence-corrected chi connectivity index (χ2v) is 6.20. The van der Waals surface area contributed by atoms with E-state index in [4.69, 9.17) is 0 Å². The number of nitrogens with one attached hydrogen (secondary N) is 2. The predicted molar refractivity (Wildman–Crippen MR) is 74.4 cm³/mol. The number of carbonyl (C=O) groups excluding carboxylic acids is 1. The van der Waals surface area contributed by atoms with Crippen LogP contribution in [-0.4, -0.2) is 25.0 Å². The van der Waals surface area contributed by atoms with Crippen molar-refractivity contribution in [2.45, 2.75) is 64.3 Å². The molecule has 2 unspecified atom stereocenters. The average Bonchev–Trinajstić information content (AvgIpc) is 2.76. The zero-order chi connectivity index (χ0) is 12.8. The second-order valence-electron chi connectivity index (χ2n) is 6.20. The van der Waals surface area contributed by atoms with E-state index in [0.717, 1.165) is 18.4 Å². The van der Waals surface area contributed by atoms with Crippen molar-refractivity contribution >= 4 is 5.91 Å². The Morgan fingerprint density at radius 2 is 1.83 bits per heavy atom. The summed E-state index contributed by atoms with van der Waals surface area (Å²) in [6.07, 6.45) is 10.3. The molecule has 2 rings (SSSR count). The minimum Gasteiger partial charge on any atom is -0.352 e. The van der Waals surface area contributed by atoms with Crippen LogP contribution in [0.3, 0.4) is 0 Å². The van der Waals surface area contributed by atoms with Gasteiger partial charge >= 0.3 is 0 Å². The fourth-order valence-corrected chi connectivity index (χ4v) is 3.42. The molecule has 2 fully saturated rings. The Hall–Kier alpha value is -0.570. The van der Waals surface area contributed by atoms with Gasteiger partial charge in [0, 0.05) is 6.04 Å². The molecule has 3 nitrogen and oxygen atoms in total. The van der Waals surface area contributed by atoms with E-state index in [0.29, 0.717) is 12.6 Å². The topological polar surface area (TPSA) is 41.1 Å². The van der Waals surface area contributed by atoms with Gasteiger partial charge in [0.25, 0.3) is 0 Å². The van der Waals surface area contributed by atoms with Gasteiger partial charge in [0.1, 0.15) is 0 Å². The third-order valence-corrected chi connectivity index (χ3v) is 4.70. The summed E-state index contributed by atoms with van der Waals surface area (Å²) < 4.78 is 0. The Labute approximate surface area is 111 Å². The quantitative estimate of drug-likeness (QED) is 0.789. The van der Waals surface area contributed by atoms with Crippen LogP contribution in [0.2, 0.25) is 0 Å². The minimum atomic E-state index is 0.188. The Bertz CT molecular complexity index is 261. The molecule has 0 spiro atoms. The van der Waals surface area contributed by atoms with E-state index in [-0.39, 0.29) is 5.91 Å². The Balaban J connectivity index is 1.56. The first-order valence-corrected chi connectivity index (χ1v) is 7.76. The first-order valence-electron chi connectivity index (χ1n) is 7.76. The molecule has 2 aliphatic carbocycles. The zero-order valence-electron chi connectivity index (χ0n) is 11.7. The summed E-state index contributed by atoms with van der Waals surface area (Å²) in [6.45, 7) is 3.85. The summed E-state index contributed by atoms with van der Waals surface area (Å²) in [5.74, 6) is 1.80. The van der Waals surface area contributed by atoms with Crippen molar-refractivity contribution < 1.29 is 4.79 Å². The van der Waals surface area contributed by atoms with Gasteiger partial charge in [0.2, 0.25) is 5.91 Å². The number of rotatable bonds is 5. The maximum Gasteiger partial charge on any atom is 0.234 e. The third kappa shape index (κ3) is 4.27. The predicted octanol–water partition coefficient (Wildman–Crippen LogP) is 2.46. The van der Waals surface area contributed by atoms with Gasteiger partial charge in [-0.05, 0) is 37.6 Å². The standard InChI is InChI=1S/C15H28N2O/c1-12-6-5-7-13(12)10-16-11-15(18)17-14-8-3-2-4-9-14/h12-14,16H,2-11H2,1H3,(H,17,18). The summed E-state index contributed by atoms with van der Waals surface area (Å²) in [7, 11) is 0. The van der Waals surface area contributed by atoms with E-state index in [1.165, 1.54) is 51.4 Å². The number of hydrogen-bond donors (Lipinski definition) is 2. The van der Waals surface area contributed by atoms with Crippen molar-refractivity contribution in [3.05, 3.63) is 0 Å². The van der Waals surface area contributed by atoms with Gasteiger partial charge in [-0.15, -0.1) is 0 Å². The van der Waals surface area contributed by atoms with E-state index in [2.05, 4.69) is 17.6 Å². The van der Waals surface area contributed by atoms with Gasteiger partial charge in [0.15, 0.2) is 0 Å². The molecule has 1 amide bonds. The molecule has 0 aromatic carbocycles. The lowest BCUT2D eigenvalue weighted by Crippen LogP contribution is -2.42. The van der Waals surface area contributed by atoms with Crippen molar-refractivity contribution in [3.63, 3.8) is 0 Å². The second kappa shape index (κ2) is 7.13. The average molecular weight is 252 g/mol. The fraction of sp³-hybridized carbons (Fsp3) is 0.933. The third-order valence-electron chi connectivity index (χ3n) is 4.70. The van der Waals surface area contributed by atoms with Crippen molar-refractivity contribution in [2.75, 3.05) is 13.1 Å². The summed E-state index contributed by atoms with van der Waals surface area (Å²) in [4.78, 5) is 11.8. The molecule has 3 heteroatoms. The lowest BCUT2D eigenvalue weighted by Gasteiger charge is -2.23. The van der Waals surface area contributed by atoms with Gasteiger partial charge in [-0.25, -0.2) is 0 Å². The molecule has 0 heterocycles. The lowest BCUT2D eigenvalue weighted by molar-refractivity contribution is -0.121. The largest absolute Gasteiger partial charge is 0.352 e. The molecule has 0 aromatic heterocycles. The molecule has 0 bridgehead atoms. The molecule has 18 heavy (non-hydrogen) atoms. The maximum absolute atomic E-state index is 11.8. The van der Waals surface area contributed by atoms with Crippen LogP contribution < -0.4 is 10.6 Å². The lowest BCUT2D eigenvalue weighted by atomic mass is 9.95. The van der Waals surface area contributed by atoms with Crippen LogP contribution >= 0.6 is 0 Å². The van der Waals surface area contributed by atoms with Crippen molar-refractivity contribution in [1.29, 1.82) is 0 Å². The van der Waals surface area contributed by atoms with Crippen molar-refractivity contribution in [3.8, 4) is 0 Å². The van der Waals surface area contributed by atoms with Crippen LogP contribution in [0.4, 0.5) is 0 Å². The van der Waals surface area contributed by atoms with Crippen LogP contribution in [0.25, 0.3) is 0 Å². The number of hydrogen-bond acceptors (Lipinski definition) is 2. The van der Waals surface area contributed by atoms with E-state index >= 15 is 0 Å². The van der Waals surface area contributed by atoms with Crippen LogP contribution in [0.5, 0.6) is 0 Å². The Morgan fingerprint density at radius 3 is 2.50 bits per heavy atom. The monoisotopic (exact) mass is 252 g/mol. The normalized spacial score (nSPS) is 29.4. The highest BCUT2D eigenvalue weighted by Crippen LogP contribution is 2.30. The summed E-state index contributed by atoms with van der Waals surface area (Å²) in [5.41, 5.74) is 0. The summed E-state index contributed by atoms with van der Waals surface area (Å²) in [6, 6.07) is 0.443. The molecule has 2 aliphatic rings. The molecule has 2 saturated carbocycles. The molecule has 104 valence electrons. The molecular formula is C15H28N2O. The van der Waals surface area contributed by atoms with Gasteiger partial charge in [-0.2, -0.15) is 0 Å². The summed E-state index contributed by atoms with van der Waals surface area (Å²) in [5, 5.41) is 6.49. The molecule has 0 saturated heterocycles. The SMILES string of the molecule is CC1CCCC1CNCC(=O)NC1CCCCC1. The molecule has 2 atom stereocenters. The smallest absolute Gasteiger partial charge is 0.234 e. The van der Waals surface area contributed by atoms with Crippen LogP contribution in [0.15, 0.2) is 0 Å². The van der Waals surface area contributed by atoms with Gasteiger partial charge in [-0.3, -0.25) is 4.79 Å². The maximum atomic E-state index is 11.8. The molecule has 0 aromatic rings. The highest BCUT2D eigenvalue weighted by molar-refractivity contribution is 5.78. The number of carbonyl (C=O) groups is 1. The highest BCUT2D eigenvalue weighted by atomic mass is 16.1. The van der Waals surface area contributed by atoms with E-state index in [1.807, 2.05) is 0 Å². The minimum absolute atomic E-state index is 0.188. The first-order chi connectivity index (χ1) is 8.75. The van der Waals surface area contributed by atoms with Gasteiger partial charge < -0.3 is 10.6 Å². The molecular weight excluding hydrogens is 224 g/mol. The molecule has 0 aliphatic heterocycles. The Kier molecular flexibility index (Phi) is 5.48. The van der Waals surface area contributed by atoms with Crippen LogP contribution in [0.1, 0.15) is 58.3 Å². The van der Waals surface area contributed by atoms with Crippen molar-refractivity contribution in [2.24, 2.45) is 11.8 Å². The van der Waals surface area contributed by atoms with Crippen LogP contribution in [0, 0.1) is 11.8 Å². The van der Waals surface area contributed by atoms with Crippen LogP contribution in [-0.2, 0) is 4.79 Å². The zero-order valence-corrected chi connectivity index (χ0v) is 11.7. The van der Waals surface area contributed by atoms with E-state index < -0.39 is 0 Å². The fourth-order valence-electron chi connectivity index (χ4n) is 3.42. The number of amides is 1. The first kappa shape index (κ1) is 13.9. The van der Waals surface area contributed by atoms with Gasteiger partial charge in [0.05, 0.1) is 6.54 Å². The van der Waals surface area contributed by atoms with E-state index in [1.54, 1.807) is 0 Å². The molecule has 0 radical (unpaired) electrons. The molecule has 2 N–H and O–H groups in total.